The zero-order valence-electron chi connectivity index (χ0n) is 45.8. The lowest BCUT2D eigenvalue weighted by Gasteiger charge is -2.34. The quantitative estimate of drug-likeness (QED) is 0.0501. The van der Waals surface area contributed by atoms with E-state index in [1.807, 2.05) is 48.3 Å². The van der Waals surface area contributed by atoms with Crippen LogP contribution in [0.25, 0.3) is 5.57 Å². The van der Waals surface area contributed by atoms with Crippen molar-refractivity contribution in [2.24, 2.45) is 5.41 Å². The highest BCUT2D eigenvalue weighted by molar-refractivity contribution is 7.86. The fraction of sp³-hybridized carbons (Fsp3) is 0.648. The highest BCUT2D eigenvalue weighted by Gasteiger charge is 2.44. The van der Waals surface area contributed by atoms with Crippen molar-refractivity contribution < 1.29 is 87.9 Å². The number of carboxylic acid groups (broad SMARTS) is 1. The molecule has 0 spiro atoms. The van der Waals surface area contributed by atoms with Crippen LogP contribution in [0.2, 0.25) is 0 Å². The summed E-state index contributed by atoms with van der Waals surface area (Å²) in [5, 5.41) is 9.58. The lowest BCUT2D eigenvalue weighted by Crippen LogP contribution is -2.33. The molecule has 4 rings (SSSR count). The summed E-state index contributed by atoms with van der Waals surface area (Å²) in [6, 6.07) is 10.2. The predicted molar refractivity (Wildman–Crippen MR) is 292 cm³/mol. The molecule has 23 heteroatoms. The molecule has 2 atom stereocenters. The number of carboxylic acids is 1. The minimum absolute atomic E-state index is 0.0288. The molecule has 0 aromatic heterocycles. The van der Waals surface area contributed by atoms with Crippen LogP contribution in [0.4, 0.5) is 11.4 Å². The summed E-state index contributed by atoms with van der Waals surface area (Å²) in [6.45, 7) is 17.5. The molecule has 21 nitrogen and oxygen atoms in total. The molecule has 0 bridgehead atoms. The fourth-order valence-corrected chi connectivity index (χ4v) is 9.51. The summed E-state index contributed by atoms with van der Waals surface area (Å²) < 4.78 is 130. The number of nitrogens with zero attached hydrogens (tertiary/aromatic N) is 2. The van der Waals surface area contributed by atoms with E-state index in [9.17, 15) is 35.8 Å². The van der Waals surface area contributed by atoms with Crippen LogP contribution in [-0.2, 0) is 77.8 Å². The second kappa shape index (κ2) is 34.2. The summed E-state index contributed by atoms with van der Waals surface area (Å²) in [5.41, 5.74) is 3.04. The van der Waals surface area contributed by atoms with Gasteiger partial charge in [0.2, 0.25) is 0 Å². The first kappa shape index (κ1) is 65.5. The van der Waals surface area contributed by atoms with Crippen molar-refractivity contribution in [3.05, 3.63) is 77.5 Å². The van der Waals surface area contributed by atoms with E-state index in [0.717, 1.165) is 16.8 Å². The average molecular weight is 1130 g/mol. The summed E-state index contributed by atoms with van der Waals surface area (Å²) in [6.07, 6.45) is 7.79. The second-order valence-corrected chi connectivity index (χ2v) is 22.5. The smallest absolute Gasteiger partial charge is 0.303 e. The predicted octanol–water partition coefficient (Wildman–Crippen LogP) is 6.11. The van der Waals surface area contributed by atoms with Gasteiger partial charge in [0.05, 0.1) is 130 Å². The largest absolute Gasteiger partial charge is 0.485 e. The number of rotatable bonds is 42. The number of fused-ring (bicyclic) bond motifs is 2. The van der Waals surface area contributed by atoms with Crippen molar-refractivity contribution in [3.8, 4) is 5.75 Å². The van der Waals surface area contributed by atoms with Crippen molar-refractivity contribution in [3.63, 3.8) is 0 Å². The van der Waals surface area contributed by atoms with Crippen molar-refractivity contribution >= 4 is 43.2 Å². The Balaban J connectivity index is 1.54. The Morgan fingerprint density at radius 3 is 1.69 bits per heavy atom. The van der Waals surface area contributed by atoms with E-state index in [1.165, 1.54) is 12.1 Å². The first-order chi connectivity index (χ1) is 36.8. The molecule has 0 amide bonds. The van der Waals surface area contributed by atoms with Crippen molar-refractivity contribution in [2.75, 3.05) is 168 Å². The minimum Gasteiger partial charge on any atom is -0.485 e. The lowest BCUT2D eigenvalue weighted by atomic mass is 9.77. The van der Waals surface area contributed by atoms with Gasteiger partial charge in [0, 0.05) is 79.8 Å². The Bertz CT molecular complexity index is 2360. The van der Waals surface area contributed by atoms with E-state index in [2.05, 4.69) is 31.7 Å². The normalized spacial score (nSPS) is 17.2. The Morgan fingerprint density at radius 1 is 0.714 bits per heavy atom. The molecule has 77 heavy (non-hydrogen) atoms. The summed E-state index contributed by atoms with van der Waals surface area (Å²) in [7, 11) is -5.67. The number of anilines is 2. The van der Waals surface area contributed by atoms with Crippen LogP contribution < -0.4 is 14.5 Å². The SMILES string of the molecule is COCCOCCOCCOCCOCCN(CCOCCOCCOCCOCCOC)c1ccc2c(c1)OC(C(C)(C)C)C=C2/C=C/C=C1\N(CCCS(=O)(=O)O)c2ccc(S(=O)(=O)O)cc2C1(C)CCCC(=O)O. The topological polar surface area (TPSA) is 254 Å². The van der Waals surface area contributed by atoms with Gasteiger partial charge in [-0.15, -0.1) is 0 Å². The molecule has 2 unspecified atom stereocenters. The third-order valence-corrected chi connectivity index (χ3v) is 14.2. The van der Waals surface area contributed by atoms with E-state index in [4.69, 9.17) is 52.1 Å². The van der Waals surface area contributed by atoms with E-state index in [1.54, 1.807) is 20.3 Å². The van der Waals surface area contributed by atoms with E-state index in [-0.39, 0.29) is 48.6 Å². The molecule has 3 N–H and O–H groups in total. The number of hydrogen-bond donors (Lipinski definition) is 3. The van der Waals surface area contributed by atoms with Gasteiger partial charge in [-0.3, -0.25) is 13.9 Å². The molecule has 2 aliphatic rings. The maximum atomic E-state index is 12.4. The molecule has 0 radical (unpaired) electrons. The zero-order valence-corrected chi connectivity index (χ0v) is 47.5. The van der Waals surface area contributed by atoms with Gasteiger partial charge in [-0.1, -0.05) is 32.9 Å². The molecule has 436 valence electrons. The highest BCUT2D eigenvalue weighted by atomic mass is 32.2. The van der Waals surface area contributed by atoms with Crippen LogP contribution in [-0.4, -0.2) is 202 Å². The highest BCUT2D eigenvalue weighted by Crippen LogP contribution is 2.51. The minimum atomic E-state index is -4.62. The Kier molecular flexibility index (Phi) is 29.1. The Labute approximate surface area is 456 Å². The van der Waals surface area contributed by atoms with Gasteiger partial charge in [0.1, 0.15) is 11.9 Å². The van der Waals surface area contributed by atoms with Crippen LogP contribution in [0, 0.1) is 5.41 Å². The summed E-state index contributed by atoms with van der Waals surface area (Å²) >= 11 is 0. The zero-order chi connectivity index (χ0) is 56.2. The van der Waals surface area contributed by atoms with Crippen molar-refractivity contribution in [1.29, 1.82) is 0 Å². The van der Waals surface area contributed by atoms with Crippen LogP contribution in [0.3, 0.4) is 0 Å². The van der Waals surface area contributed by atoms with Crippen LogP contribution in [0.15, 0.2) is 71.3 Å². The monoisotopic (exact) mass is 1130 g/mol. The van der Waals surface area contributed by atoms with Gasteiger partial charge in [-0.2, -0.15) is 16.8 Å². The van der Waals surface area contributed by atoms with Crippen LogP contribution >= 0.6 is 0 Å². The Hall–Kier alpha value is -4.05. The number of allylic oxidation sites excluding steroid dienone is 5. The van der Waals surface area contributed by atoms with E-state index in [0.29, 0.717) is 155 Å². The van der Waals surface area contributed by atoms with Gasteiger partial charge >= 0.3 is 5.97 Å². The number of ether oxygens (including phenoxy) is 11. The van der Waals surface area contributed by atoms with Gasteiger partial charge in [0.25, 0.3) is 20.2 Å². The molecule has 2 aromatic rings. The third kappa shape index (κ3) is 23.7. The first-order valence-corrected chi connectivity index (χ1v) is 29.2. The molecule has 2 aliphatic heterocycles. The standard InChI is InChI=1S/C54H84N2O19S2/c1-53(2,3)51-40-43(10-7-11-50-54(4,17-8-12-52(57)58)47-42-45(77(62,63)64)14-16-48(47)56(50)18-9-39-76(59,60)61)46-15-13-44(41-49(46)75-51)55(19-21-67-27-29-71-35-37-73-33-31-69-25-23-65-5)20-22-68-28-30-72-36-38-74-34-32-70-26-24-66-6/h7,10-11,13-16,40-42,51H,8-9,12,17-39H2,1-6H3,(H,57,58)(H,59,60,61)(H,62,63,64)/b10-7+,50-11-. The van der Waals surface area contributed by atoms with Crippen molar-refractivity contribution in [2.45, 2.75) is 69.8 Å². The summed E-state index contributed by atoms with van der Waals surface area (Å²) in [4.78, 5) is 15.4. The fourth-order valence-electron chi connectivity index (χ4n) is 8.50. The number of benzene rings is 2. The van der Waals surface area contributed by atoms with Gasteiger partial charge in [-0.05, 0) is 79.8 Å². The first-order valence-electron chi connectivity index (χ1n) is 26.1. The van der Waals surface area contributed by atoms with Gasteiger partial charge in [0.15, 0.2) is 0 Å². The Morgan fingerprint density at radius 2 is 1.22 bits per heavy atom. The number of hydrogen-bond acceptors (Lipinski definition) is 18. The van der Waals surface area contributed by atoms with Crippen molar-refractivity contribution in [1.82, 2.24) is 0 Å². The van der Waals surface area contributed by atoms with Crippen LogP contribution in [0.5, 0.6) is 5.75 Å². The number of aliphatic carboxylic acids is 1. The maximum absolute atomic E-state index is 12.4. The molecule has 2 aromatic carbocycles. The second-order valence-electron chi connectivity index (χ2n) is 19.5. The number of carbonyl (C=O) groups is 1. The maximum Gasteiger partial charge on any atom is 0.303 e. The number of methoxy groups -OCH3 is 2. The molecule has 2 heterocycles. The molecule has 0 saturated heterocycles. The van der Waals surface area contributed by atoms with Crippen LogP contribution in [0.1, 0.15) is 64.5 Å². The molecule has 0 aliphatic carbocycles. The molecule has 0 fully saturated rings. The van der Waals surface area contributed by atoms with Gasteiger partial charge < -0.3 is 67.0 Å². The van der Waals surface area contributed by atoms with E-state index >= 15 is 0 Å². The summed E-state index contributed by atoms with van der Waals surface area (Å²) in [5.74, 6) is -0.849. The average Bonchev–Trinajstić information content (AvgIpc) is 3.73. The molecular weight excluding hydrogens is 1040 g/mol. The van der Waals surface area contributed by atoms with E-state index < -0.39 is 37.4 Å². The van der Waals surface area contributed by atoms with Gasteiger partial charge in [-0.25, -0.2) is 0 Å². The molecular formula is C54H84N2O19S2. The third-order valence-electron chi connectivity index (χ3n) is 12.6. The lowest BCUT2D eigenvalue weighted by molar-refractivity contribution is -0.137. The molecule has 0 saturated carbocycles.